The van der Waals surface area contributed by atoms with E-state index < -0.39 is 0 Å². The first-order valence-corrected chi connectivity index (χ1v) is 8.77. The van der Waals surface area contributed by atoms with Gasteiger partial charge in [-0.1, -0.05) is 41.6 Å². The summed E-state index contributed by atoms with van der Waals surface area (Å²) in [6.07, 6.45) is 3.83. The maximum Gasteiger partial charge on any atom is 0.246 e. The molecule has 1 aliphatic rings. The van der Waals surface area contributed by atoms with Crippen molar-refractivity contribution in [2.45, 2.75) is 32.2 Å². The number of nitrogens with two attached hydrogens (primary N) is 1. The van der Waals surface area contributed by atoms with Crippen LogP contribution in [0.25, 0.3) is 0 Å². The summed E-state index contributed by atoms with van der Waals surface area (Å²) in [7, 11) is 0. The molecule has 2 aromatic carbocycles. The van der Waals surface area contributed by atoms with Crippen LogP contribution in [-0.2, 0) is 25.8 Å². The molecule has 1 aromatic heterocycles. The number of nitrogen functional groups attached to an aromatic ring is 1. The van der Waals surface area contributed by atoms with Crippen molar-refractivity contribution in [1.29, 1.82) is 0 Å². The van der Waals surface area contributed by atoms with Crippen molar-refractivity contribution in [3.63, 3.8) is 0 Å². The van der Waals surface area contributed by atoms with Crippen LogP contribution >= 0.6 is 0 Å². The second kappa shape index (κ2) is 6.97. The van der Waals surface area contributed by atoms with Crippen LogP contribution in [0, 0.1) is 0 Å². The molecule has 4 rings (SSSR count). The predicted octanol–water partition coefficient (Wildman–Crippen LogP) is 3.39. The Morgan fingerprint density at radius 1 is 1.04 bits per heavy atom. The summed E-state index contributed by atoms with van der Waals surface area (Å²) in [5, 5.41) is 4.13. The molecule has 0 unspecified atom stereocenters. The second-order valence-electron chi connectivity index (χ2n) is 6.46. The van der Waals surface area contributed by atoms with Gasteiger partial charge in [0.15, 0.2) is 5.82 Å². The number of anilines is 2. The molecule has 25 heavy (non-hydrogen) atoms. The summed E-state index contributed by atoms with van der Waals surface area (Å²) in [4.78, 5) is 6.85. The maximum atomic E-state index is 6.12. The van der Waals surface area contributed by atoms with Crippen molar-refractivity contribution in [1.82, 2.24) is 10.1 Å². The van der Waals surface area contributed by atoms with Crippen LogP contribution in [0.15, 0.2) is 53.1 Å². The highest BCUT2D eigenvalue weighted by Crippen LogP contribution is 2.32. The first-order chi connectivity index (χ1) is 12.3. The molecule has 5 nitrogen and oxygen atoms in total. The van der Waals surface area contributed by atoms with Gasteiger partial charge in [0.05, 0.1) is 6.54 Å². The van der Waals surface area contributed by atoms with Gasteiger partial charge in [-0.25, -0.2) is 0 Å². The lowest BCUT2D eigenvalue weighted by Crippen LogP contribution is -2.29. The predicted molar refractivity (Wildman–Crippen MR) is 98.4 cm³/mol. The van der Waals surface area contributed by atoms with Crippen LogP contribution in [-0.4, -0.2) is 16.7 Å². The summed E-state index contributed by atoms with van der Waals surface area (Å²) < 4.78 is 5.47. The third kappa shape index (κ3) is 3.50. The highest BCUT2D eigenvalue weighted by molar-refractivity contribution is 5.66. The van der Waals surface area contributed by atoms with E-state index in [4.69, 9.17) is 10.3 Å². The highest BCUT2D eigenvalue weighted by atomic mass is 16.5. The van der Waals surface area contributed by atoms with Crippen molar-refractivity contribution < 1.29 is 4.52 Å². The molecule has 0 atom stereocenters. The van der Waals surface area contributed by atoms with Gasteiger partial charge >= 0.3 is 0 Å². The zero-order valence-corrected chi connectivity index (χ0v) is 14.2. The number of hydrogen-bond donors (Lipinski definition) is 1. The monoisotopic (exact) mass is 334 g/mol. The van der Waals surface area contributed by atoms with Gasteiger partial charge in [-0.05, 0) is 42.5 Å². The SMILES string of the molecule is Nc1cccc2c1CCCN2Cc1nc(CCc2ccccc2)no1. The van der Waals surface area contributed by atoms with Crippen LogP contribution in [0.5, 0.6) is 0 Å². The maximum absolute atomic E-state index is 6.12. The third-order valence-electron chi connectivity index (χ3n) is 4.70. The van der Waals surface area contributed by atoms with Gasteiger partial charge in [-0.2, -0.15) is 4.98 Å². The normalized spacial score (nSPS) is 13.7. The molecule has 0 saturated heterocycles. The number of aryl methyl sites for hydroxylation is 2. The summed E-state index contributed by atoms with van der Waals surface area (Å²) >= 11 is 0. The molecule has 0 aliphatic carbocycles. The zero-order valence-electron chi connectivity index (χ0n) is 14.2. The highest BCUT2D eigenvalue weighted by Gasteiger charge is 2.20. The fourth-order valence-corrected chi connectivity index (χ4v) is 3.41. The second-order valence-corrected chi connectivity index (χ2v) is 6.46. The lowest BCUT2D eigenvalue weighted by atomic mass is 10.00. The summed E-state index contributed by atoms with van der Waals surface area (Å²) in [5.74, 6) is 1.43. The van der Waals surface area contributed by atoms with Crippen LogP contribution in [0.3, 0.4) is 0 Å². The smallest absolute Gasteiger partial charge is 0.246 e. The van der Waals surface area contributed by atoms with Crippen molar-refractivity contribution in [2.75, 3.05) is 17.2 Å². The van der Waals surface area contributed by atoms with Crippen LogP contribution in [0.1, 0.15) is 29.3 Å². The van der Waals surface area contributed by atoms with E-state index in [9.17, 15) is 0 Å². The van der Waals surface area contributed by atoms with Gasteiger partial charge in [0.2, 0.25) is 5.89 Å². The van der Waals surface area contributed by atoms with Gasteiger partial charge in [-0.15, -0.1) is 0 Å². The van der Waals surface area contributed by atoms with Crippen LogP contribution < -0.4 is 10.6 Å². The molecule has 0 spiro atoms. The molecule has 2 N–H and O–H groups in total. The molecule has 0 amide bonds. The van der Waals surface area contributed by atoms with E-state index in [0.29, 0.717) is 12.4 Å². The van der Waals surface area contributed by atoms with Gasteiger partial charge in [0.1, 0.15) is 0 Å². The van der Waals surface area contributed by atoms with E-state index in [-0.39, 0.29) is 0 Å². The minimum Gasteiger partial charge on any atom is -0.398 e. The van der Waals surface area contributed by atoms with Crippen molar-refractivity contribution in [3.05, 3.63) is 71.4 Å². The summed E-state index contributed by atoms with van der Waals surface area (Å²) in [5.41, 5.74) is 10.7. The fraction of sp³-hybridized carbons (Fsp3) is 0.300. The lowest BCUT2D eigenvalue weighted by molar-refractivity contribution is 0.370. The lowest BCUT2D eigenvalue weighted by Gasteiger charge is -2.30. The Morgan fingerprint density at radius 3 is 2.80 bits per heavy atom. The Labute approximate surface area is 147 Å². The van der Waals surface area contributed by atoms with E-state index in [1.54, 1.807) is 0 Å². The quantitative estimate of drug-likeness (QED) is 0.724. The number of hydrogen-bond acceptors (Lipinski definition) is 5. The molecule has 3 aromatic rings. The van der Waals surface area contributed by atoms with Gasteiger partial charge in [-0.3, -0.25) is 0 Å². The van der Waals surface area contributed by atoms with Crippen LogP contribution in [0.2, 0.25) is 0 Å². The Kier molecular flexibility index (Phi) is 4.37. The Bertz CT molecular complexity index is 844. The molecular formula is C20H22N4O. The first-order valence-electron chi connectivity index (χ1n) is 8.77. The molecule has 5 heteroatoms. The molecule has 1 aliphatic heterocycles. The van der Waals surface area contributed by atoms with Crippen molar-refractivity contribution in [2.24, 2.45) is 0 Å². The summed E-state index contributed by atoms with van der Waals surface area (Å²) in [6.45, 7) is 1.62. The fourth-order valence-electron chi connectivity index (χ4n) is 3.41. The van der Waals surface area contributed by atoms with Gasteiger partial charge < -0.3 is 15.2 Å². The van der Waals surface area contributed by atoms with E-state index >= 15 is 0 Å². The van der Waals surface area contributed by atoms with Gasteiger partial charge in [0.25, 0.3) is 0 Å². The number of rotatable bonds is 5. The first kappa shape index (κ1) is 15.7. The summed E-state index contributed by atoms with van der Waals surface area (Å²) in [6, 6.07) is 16.5. The minimum absolute atomic E-state index is 0.634. The molecule has 128 valence electrons. The molecule has 0 saturated carbocycles. The zero-order chi connectivity index (χ0) is 17.1. The van der Waals surface area contributed by atoms with E-state index in [0.717, 1.165) is 43.7 Å². The molecule has 0 radical (unpaired) electrons. The van der Waals surface area contributed by atoms with Crippen molar-refractivity contribution >= 4 is 11.4 Å². The number of nitrogens with zero attached hydrogens (tertiary/aromatic N) is 3. The Hall–Kier alpha value is -2.82. The average molecular weight is 334 g/mol. The van der Waals surface area contributed by atoms with Crippen LogP contribution in [0.4, 0.5) is 11.4 Å². The van der Waals surface area contributed by atoms with E-state index in [2.05, 4.69) is 45.4 Å². The Balaban J connectivity index is 1.43. The minimum atomic E-state index is 0.634. The van der Waals surface area contributed by atoms with Crippen molar-refractivity contribution in [3.8, 4) is 0 Å². The standard InChI is InChI=1S/C20H22N4O/c21-17-9-4-10-18-16(17)8-5-13-24(18)14-20-22-19(23-25-20)12-11-15-6-2-1-3-7-15/h1-4,6-7,9-10H,5,8,11-14,21H2. The average Bonchev–Trinajstić information content (AvgIpc) is 3.09. The topological polar surface area (TPSA) is 68.2 Å². The molecular weight excluding hydrogens is 312 g/mol. The molecule has 2 heterocycles. The van der Waals surface area contributed by atoms with Gasteiger partial charge in [0, 0.05) is 24.3 Å². The Morgan fingerprint density at radius 2 is 1.92 bits per heavy atom. The number of aromatic nitrogens is 2. The molecule has 0 fully saturated rings. The number of fused-ring (bicyclic) bond motifs is 1. The number of benzene rings is 2. The van der Waals surface area contributed by atoms with E-state index in [1.165, 1.54) is 16.8 Å². The largest absolute Gasteiger partial charge is 0.398 e. The molecule has 0 bridgehead atoms. The third-order valence-corrected chi connectivity index (χ3v) is 4.70. The van der Waals surface area contributed by atoms with E-state index in [1.807, 2.05) is 18.2 Å².